The summed E-state index contributed by atoms with van der Waals surface area (Å²) >= 11 is 1.92. The molecule has 0 saturated heterocycles. The van der Waals surface area contributed by atoms with Crippen molar-refractivity contribution in [1.29, 1.82) is 0 Å². The minimum absolute atomic E-state index is 0.0172. The number of amides is 1. The lowest BCUT2D eigenvalue weighted by molar-refractivity contribution is -0.385. The molecule has 0 aromatic heterocycles. The highest BCUT2D eigenvalue weighted by Gasteiger charge is 2.13. The summed E-state index contributed by atoms with van der Waals surface area (Å²) in [6, 6.07) is 8.11. The summed E-state index contributed by atoms with van der Waals surface area (Å²) in [6.45, 7) is 0. The van der Waals surface area contributed by atoms with E-state index >= 15 is 0 Å². The summed E-state index contributed by atoms with van der Waals surface area (Å²) in [5.74, 6) is -1.01. The molecule has 0 fully saturated rings. The van der Waals surface area contributed by atoms with Crippen LogP contribution in [-0.4, -0.2) is 27.3 Å². The van der Waals surface area contributed by atoms with Crippen molar-refractivity contribution in [2.45, 2.75) is 0 Å². The average Bonchev–Trinajstić information content (AvgIpc) is 2.51. The number of hydrogen-bond acceptors (Lipinski definition) is 6. The van der Waals surface area contributed by atoms with Crippen molar-refractivity contribution in [3.8, 4) is 11.5 Å². The van der Waals surface area contributed by atoms with E-state index in [2.05, 4.69) is 10.5 Å². The van der Waals surface area contributed by atoms with E-state index in [1.165, 1.54) is 30.5 Å². The second-order valence-corrected chi connectivity index (χ2v) is 5.53. The Labute approximate surface area is 143 Å². The van der Waals surface area contributed by atoms with Crippen LogP contribution in [0.5, 0.6) is 11.5 Å². The number of carbonyl (C=O) groups is 1. The van der Waals surface area contributed by atoms with Crippen LogP contribution in [0.15, 0.2) is 41.5 Å². The molecule has 118 valence electrons. The first-order chi connectivity index (χ1) is 10.9. The summed E-state index contributed by atoms with van der Waals surface area (Å²) < 4.78 is 0.610. The van der Waals surface area contributed by atoms with E-state index in [1.54, 1.807) is 6.07 Å². The molecular weight excluding hydrogens is 417 g/mol. The van der Waals surface area contributed by atoms with Crippen molar-refractivity contribution >= 4 is 40.4 Å². The van der Waals surface area contributed by atoms with Crippen LogP contribution in [-0.2, 0) is 0 Å². The Morgan fingerprint density at radius 1 is 1.22 bits per heavy atom. The maximum Gasteiger partial charge on any atom is 0.311 e. The topological polar surface area (TPSA) is 125 Å². The molecule has 0 heterocycles. The zero-order chi connectivity index (χ0) is 17.0. The fourth-order valence-electron chi connectivity index (χ4n) is 1.65. The molecule has 0 aliphatic heterocycles. The number of rotatable bonds is 4. The first-order valence-corrected chi connectivity index (χ1v) is 7.25. The van der Waals surface area contributed by atoms with E-state index in [0.29, 0.717) is 9.13 Å². The number of phenols is 2. The van der Waals surface area contributed by atoms with Gasteiger partial charge in [0.25, 0.3) is 5.91 Å². The number of halogens is 1. The van der Waals surface area contributed by atoms with Crippen molar-refractivity contribution in [3.63, 3.8) is 0 Å². The molecule has 0 spiro atoms. The van der Waals surface area contributed by atoms with Gasteiger partial charge in [0.2, 0.25) is 0 Å². The minimum Gasteiger partial charge on any atom is -0.507 e. The third-order valence-corrected chi connectivity index (χ3v) is 3.70. The van der Waals surface area contributed by atoms with Gasteiger partial charge >= 0.3 is 5.69 Å². The minimum atomic E-state index is -0.723. The van der Waals surface area contributed by atoms with Crippen LogP contribution in [0.4, 0.5) is 5.69 Å². The zero-order valence-electron chi connectivity index (χ0n) is 11.4. The van der Waals surface area contributed by atoms with Crippen LogP contribution in [0, 0.1) is 13.7 Å². The van der Waals surface area contributed by atoms with Gasteiger partial charge in [0.05, 0.1) is 14.7 Å². The van der Waals surface area contributed by atoms with Crippen molar-refractivity contribution in [2.75, 3.05) is 0 Å². The SMILES string of the molecule is O=C(NN=Cc1ccc(O)c([N+](=O)[O-])c1)c1ccc(I)c(O)c1. The highest BCUT2D eigenvalue weighted by atomic mass is 127. The number of nitrogens with one attached hydrogen (secondary N) is 1. The van der Waals surface area contributed by atoms with Crippen molar-refractivity contribution in [3.05, 3.63) is 61.2 Å². The molecule has 2 aromatic carbocycles. The number of hydrazone groups is 1. The predicted octanol–water partition coefficient (Wildman–Crippen LogP) is 2.37. The molecule has 2 rings (SSSR count). The fourth-order valence-corrected chi connectivity index (χ4v) is 1.99. The first-order valence-electron chi connectivity index (χ1n) is 6.18. The van der Waals surface area contributed by atoms with Crippen LogP contribution in [0.1, 0.15) is 15.9 Å². The Balaban J connectivity index is 2.09. The lowest BCUT2D eigenvalue weighted by atomic mass is 10.2. The van der Waals surface area contributed by atoms with Crippen LogP contribution < -0.4 is 5.43 Å². The van der Waals surface area contributed by atoms with Crippen LogP contribution in [0.3, 0.4) is 0 Å². The number of nitro groups is 1. The maximum atomic E-state index is 11.8. The summed E-state index contributed by atoms with van der Waals surface area (Å²) in [7, 11) is 0. The summed E-state index contributed by atoms with van der Waals surface area (Å²) in [5.41, 5.74) is 2.34. The molecule has 3 N–H and O–H groups in total. The molecule has 0 bridgehead atoms. The van der Waals surface area contributed by atoms with Gasteiger partial charge in [-0.15, -0.1) is 0 Å². The highest BCUT2D eigenvalue weighted by molar-refractivity contribution is 14.1. The second kappa shape index (κ2) is 7.05. The quantitative estimate of drug-likeness (QED) is 0.299. The van der Waals surface area contributed by atoms with Crippen LogP contribution >= 0.6 is 22.6 Å². The van der Waals surface area contributed by atoms with Gasteiger partial charge in [0.1, 0.15) is 5.75 Å². The van der Waals surface area contributed by atoms with E-state index in [4.69, 9.17) is 0 Å². The summed E-state index contributed by atoms with van der Waals surface area (Å²) in [5, 5.41) is 33.3. The molecule has 2 aromatic rings. The van der Waals surface area contributed by atoms with Crippen molar-refractivity contribution < 1.29 is 19.9 Å². The molecule has 0 unspecified atom stereocenters. The Kier molecular flexibility index (Phi) is 5.11. The van der Waals surface area contributed by atoms with Crippen molar-refractivity contribution in [1.82, 2.24) is 5.43 Å². The Bertz CT molecular complexity index is 807. The summed E-state index contributed by atoms with van der Waals surface area (Å²) in [4.78, 5) is 21.8. The molecule has 0 saturated carbocycles. The lowest BCUT2D eigenvalue weighted by Crippen LogP contribution is -2.17. The standard InChI is InChI=1S/C14H10IN3O5/c15-10-3-2-9(6-13(10)20)14(21)17-16-7-8-1-4-12(19)11(5-8)18(22)23/h1-7,19-20H,(H,17,21). The van der Waals surface area contributed by atoms with Gasteiger partial charge in [-0.2, -0.15) is 5.10 Å². The monoisotopic (exact) mass is 427 g/mol. The predicted molar refractivity (Wildman–Crippen MR) is 90.6 cm³/mol. The Morgan fingerprint density at radius 3 is 2.61 bits per heavy atom. The van der Waals surface area contributed by atoms with Gasteiger partial charge in [-0.05, 0) is 52.9 Å². The largest absolute Gasteiger partial charge is 0.507 e. The number of benzene rings is 2. The molecule has 23 heavy (non-hydrogen) atoms. The third kappa shape index (κ3) is 4.16. The number of phenolic OH excluding ortho intramolecular Hbond substituents is 2. The van der Waals surface area contributed by atoms with Crippen LogP contribution in [0.2, 0.25) is 0 Å². The van der Waals surface area contributed by atoms with Gasteiger partial charge in [0.15, 0.2) is 5.75 Å². The van der Waals surface area contributed by atoms with Gasteiger partial charge in [-0.25, -0.2) is 5.43 Å². The number of carbonyl (C=O) groups excluding carboxylic acids is 1. The van der Waals surface area contributed by atoms with E-state index in [1.807, 2.05) is 22.6 Å². The van der Waals surface area contributed by atoms with Crippen molar-refractivity contribution in [2.24, 2.45) is 5.10 Å². The summed E-state index contributed by atoms with van der Waals surface area (Å²) in [6.07, 6.45) is 1.21. The molecule has 0 aliphatic carbocycles. The Hall–Kier alpha value is -2.69. The second-order valence-electron chi connectivity index (χ2n) is 4.37. The highest BCUT2D eigenvalue weighted by Crippen LogP contribution is 2.25. The maximum absolute atomic E-state index is 11.8. The zero-order valence-corrected chi connectivity index (χ0v) is 13.6. The van der Waals surface area contributed by atoms with E-state index in [9.17, 15) is 25.1 Å². The molecular formula is C14H10IN3O5. The average molecular weight is 427 g/mol. The van der Waals surface area contributed by atoms with Gasteiger partial charge in [0, 0.05) is 17.2 Å². The van der Waals surface area contributed by atoms with E-state index in [0.717, 1.165) is 6.07 Å². The normalized spacial score (nSPS) is 10.7. The molecule has 0 radical (unpaired) electrons. The number of nitrogens with zero attached hydrogens (tertiary/aromatic N) is 2. The fraction of sp³-hybridized carbons (Fsp3) is 0. The molecule has 0 atom stereocenters. The molecule has 0 aliphatic rings. The van der Waals surface area contributed by atoms with E-state index in [-0.39, 0.29) is 11.3 Å². The lowest BCUT2D eigenvalue weighted by Gasteiger charge is -2.02. The molecule has 8 nitrogen and oxygen atoms in total. The van der Waals surface area contributed by atoms with Crippen LogP contribution in [0.25, 0.3) is 0 Å². The number of hydrogen-bond donors (Lipinski definition) is 3. The Morgan fingerprint density at radius 2 is 1.96 bits per heavy atom. The van der Waals surface area contributed by atoms with E-state index < -0.39 is 22.3 Å². The number of nitro benzene ring substituents is 1. The smallest absolute Gasteiger partial charge is 0.311 e. The molecule has 1 amide bonds. The molecule has 9 heteroatoms. The van der Waals surface area contributed by atoms with Gasteiger partial charge in [-0.3, -0.25) is 14.9 Å². The van der Waals surface area contributed by atoms with Gasteiger partial charge < -0.3 is 10.2 Å². The number of aromatic hydroxyl groups is 2. The first kappa shape index (κ1) is 16.7. The van der Waals surface area contributed by atoms with Gasteiger partial charge in [-0.1, -0.05) is 0 Å². The third-order valence-electron chi connectivity index (χ3n) is 2.78.